The molecule has 0 unspecified atom stereocenters. The Morgan fingerprint density at radius 3 is 2.70 bits per heavy atom. The highest BCUT2D eigenvalue weighted by molar-refractivity contribution is 7.20. The average molecular weight is 414 g/mol. The number of hydrogen-bond donors (Lipinski definition) is 1. The van der Waals surface area contributed by atoms with Gasteiger partial charge >= 0.3 is 5.97 Å². The molecule has 0 aliphatic heterocycles. The Morgan fingerprint density at radius 2 is 1.90 bits per heavy atom. The minimum atomic E-state index is -0.366. The van der Waals surface area contributed by atoms with E-state index in [4.69, 9.17) is 4.74 Å². The Balaban J connectivity index is 1.57. The number of benzene rings is 2. The van der Waals surface area contributed by atoms with Gasteiger partial charge in [0.2, 0.25) is 0 Å². The fraction of sp³-hybridized carbons (Fsp3) is 0.130. The van der Waals surface area contributed by atoms with Gasteiger partial charge < -0.3 is 10.1 Å². The predicted octanol–water partition coefficient (Wildman–Crippen LogP) is 5.01. The largest absolute Gasteiger partial charge is 0.461 e. The number of carbonyl (C=O) groups excluding carboxylic acids is 1. The average Bonchev–Trinajstić information content (AvgIpc) is 3.12. The van der Waals surface area contributed by atoms with Crippen LogP contribution in [0.5, 0.6) is 0 Å². The topological polar surface area (TPSA) is 87.9 Å². The maximum absolute atomic E-state index is 12.7. The molecule has 0 spiro atoms. The molecule has 7 heteroatoms. The van der Waals surface area contributed by atoms with Gasteiger partial charge in [0.05, 0.1) is 23.2 Å². The molecule has 0 amide bonds. The number of para-hydroxylation sites is 1. The van der Waals surface area contributed by atoms with Gasteiger partial charge in [-0.25, -0.2) is 14.8 Å². The minimum Gasteiger partial charge on any atom is -0.461 e. The molecule has 30 heavy (non-hydrogen) atoms. The number of ether oxygens (including phenoxy) is 1. The summed E-state index contributed by atoms with van der Waals surface area (Å²) in [6, 6.07) is 19.2. The molecule has 2 aromatic heterocycles. The van der Waals surface area contributed by atoms with Crippen LogP contribution in [0.1, 0.15) is 26.4 Å². The summed E-state index contributed by atoms with van der Waals surface area (Å²) in [4.78, 5) is 22.5. The van der Waals surface area contributed by atoms with Crippen molar-refractivity contribution in [1.29, 1.82) is 5.26 Å². The lowest BCUT2D eigenvalue weighted by molar-refractivity contribution is 0.0514. The van der Waals surface area contributed by atoms with Gasteiger partial charge in [0, 0.05) is 6.42 Å². The molecule has 4 rings (SSSR count). The van der Waals surface area contributed by atoms with E-state index >= 15 is 0 Å². The van der Waals surface area contributed by atoms with Crippen molar-refractivity contribution in [2.75, 3.05) is 11.9 Å². The van der Waals surface area contributed by atoms with Gasteiger partial charge in [-0.1, -0.05) is 42.5 Å². The van der Waals surface area contributed by atoms with Crippen molar-refractivity contribution >= 4 is 39.0 Å². The fourth-order valence-corrected chi connectivity index (χ4v) is 4.19. The Kier molecular flexibility index (Phi) is 5.68. The van der Waals surface area contributed by atoms with Gasteiger partial charge in [0.25, 0.3) is 0 Å². The quantitative estimate of drug-likeness (QED) is 0.446. The van der Waals surface area contributed by atoms with Crippen LogP contribution in [0.2, 0.25) is 0 Å². The second-order valence-electron chi connectivity index (χ2n) is 6.61. The molecular weight excluding hydrogens is 396 g/mol. The van der Waals surface area contributed by atoms with Crippen LogP contribution in [-0.4, -0.2) is 22.5 Å². The monoisotopic (exact) mass is 414 g/mol. The molecule has 148 valence electrons. The Hall–Kier alpha value is -3.76. The zero-order chi connectivity index (χ0) is 20.9. The Bertz CT molecular complexity index is 1250. The highest BCUT2D eigenvalue weighted by atomic mass is 32.1. The lowest BCUT2D eigenvalue weighted by Crippen LogP contribution is -2.07. The molecule has 6 nitrogen and oxygen atoms in total. The van der Waals surface area contributed by atoms with E-state index in [1.54, 1.807) is 12.1 Å². The van der Waals surface area contributed by atoms with Gasteiger partial charge in [-0.05, 0) is 30.2 Å². The number of aryl methyl sites for hydroxylation is 1. The highest BCUT2D eigenvalue weighted by Gasteiger charge is 2.21. The first-order chi connectivity index (χ1) is 14.7. The van der Waals surface area contributed by atoms with E-state index in [-0.39, 0.29) is 5.97 Å². The smallest absolute Gasteiger partial charge is 0.348 e. The van der Waals surface area contributed by atoms with Crippen molar-refractivity contribution in [1.82, 2.24) is 9.97 Å². The number of aromatic nitrogens is 2. The molecule has 2 aromatic carbocycles. The molecule has 0 radical (unpaired) electrons. The highest BCUT2D eigenvalue weighted by Crippen LogP contribution is 2.35. The van der Waals surface area contributed by atoms with Crippen LogP contribution < -0.4 is 5.32 Å². The third-order valence-corrected chi connectivity index (χ3v) is 5.86. The molecule has 0 aliphatic carbocycles. The standard InChI is InChI=1S/C23H18N4O2S/c1-15-19-21(27-18-10-6-5-9-17(18)13-24)25-14-26-22(19)30-20(15)23(28)29-12-11-16-7-3-2-4-8-16/h2-10,14H,11-12H2,1H3,(H,25,26,27). The van der Waals surface area contributed by atoms with Gasteiger partial charge in [0.15, 0.2) is 0 Å². The second kappa shape index (κ2) is 8.72. The van der Waals surface area contributed by atoms with Crippen LogP contribution in [0.15, 0.2) is 60.9 Å². The van der Waals surface area contributed by atoms with Crippen molar-refractivity contribution < 1.29 is 9.53 Å². The van der Waals surface area contributed by atoms with Crippen molar-refractivity contribution in [3.05, 3.63) is 82.5 Å². The van der Waals surface area contributed by atoms with Crippen LogP contribution in [0.3, 0.4) is 0 Å². The SMILES string of the molecule is Cc1c(C(=O)OCCc2ccccc2)sc2ncnc(Nc3ccccc3C#N)c12. The summed E-state index contributed by atoms with van der Waals surface area (Å²) in [7, 11) is 0. The van der Waals surface area contributed by atoms with E-state index in [2.05, 4.69) is 21.4 Å². The zero-order valence-electron chi connectivity index (χ0n) is 16.3. The van der Waals surface area contributed by atoms with Gasteiger partial charge in [-0.2, -0.15) is 5.26 Å². The Labute approximate surface area is 177 Å². The van der Waals surface area contributed by atoms with Crippen molar-refractivity contribution in [3.63, 3.8) is 0 Å². The van der Waals surface area contributed by atoms with Crippen LogP contribution in [0.25, 0.3) is 10.2 Å². The number of nitrogens with one attached hydrogen (secondary N) is 1. The lowest BCUT2D eigenvalue weighted by Gasteiger charge is -2.08. The molecule has 2 heterocycles. The maximum Gasteiger partial charge on any atom is 0.348 e. The number of fused-ring (bicyclic) bond motifs is 1. The van der Waals surface area contributed by atoms with Crippen LogP contribution in [0.4, 0.5) is 11.5 Å². The number of carbonyl (C=O) groups is 1. The normalized spacial score (nSPS) is 10.5. The van der Waals surface area contributed by atoms with Crippen LogP contribution >= 0.6 is 11.3 Å². The summed E-state index contributed by atoms with van der Waals surface area (Å²) < 4.78 is 5.50. The van der Waals surface area contributed by atoms with Crippen molar-refractivity contribution in [2.45, 2.75) is 13.3 Å². The number of anilines is 2. The Morgan fingerprint density at radius 1 is 1.13 bits per heavy atom. The predicted molar refractivity (Wildman–Crippen MR) is 117 cm³/mol. The molecule has 0 atom stereocenters. The number of hydrogen-bond acceptors (Lipinski definition) is 7. The summed E-state index contributed by atoms with van der Waals surface area (Å²) in [5.74, 6) is 0.189. The molecule has 1 N–H and O–H groups in total. The van der Waals surface area contributed by atoms with Gasteiger partial charge in [0.1, 0.15) is 27.9 Å². The molecule has 0 saturated carbocycles. The van der Waals surface area contributed by atoms with E-state index < -0.39 is 0 Å². The first-order valence-electron chi connectivity index (χ1n) is 9.38. The molecule has 0 bridgehead atoms. The molecule has 0 saturated heterocycles. The minimum absolute atomic E-state index is 0.308. The first kappa shape index (κ1) is 19.6. The summed E-state index contributed by atoms with van der Waals surface area (Å²) in [5, 5.41) is 13.3. The third kappa shape index (κ3) is 4.00. The van der Waals surface area contributed by atoms with Crippen molar-refractivity contribution in [2.24, 2.45) is 0 Å². The van der Waals surface area contributed by atoms with E-state index in [1.807, 2.05) is 49.4 Å². The first-order valence-corrected chi connectivity index (χ1v) is 10.2. The molecule has 4 aromatic rings. The number of esters is 1. The molecule has 0 aliphatic rings. The summed E-state index contributed by atoms with van der Waals surface area (Å²) in [6.07, 6.45) is 2.11. The molecule has 0 fully saturated rings. The number of nitrogens with zero attached hydrogens (tertiary/aromatic N) is 3. The number of nitriles is 1. The molecular formula is C23H18N4O2S. The van der Waals surface area contributed by atoms with E-state index in [0.29, 0.717) is 39.8 Å². The number of thiophene rings is 1. The van der Waals surface area contributed by atoms with Gasteiger partial charge in [-0.3, -0.25) is 0 Å². The van der Waals surface area contributed by atoms with E-state index in [1.165, 1.54) is 17.7 Å². The zero-order valence-corrected chi connectivity index (χ0v) is 17.1. The lowest BCUT2D eigenvalue weighted by atomic mass is 10.1. The van der Waals surface area contributed by atoms with Crippen molar-refractivity contribution in [3.8, 4) is 6.07 Å². The summed E-state index contributed by atoms with van der Waals surface area (Å²) in [6.45, 7) is 2.17. The summed E-state index contributed by atoms with van der Waals surface area (Å²) in [5.41, 5.74) is 3.04. The van der Waals surface area contributed by atoms with Crippen LogP contribution in [0, 0.1) is 18.3 Å². The fourth-order valence-electron chi connectivity index (χ4n) is 3.15. The van der Waals surface area contributed by atoms with E-state index in [9.17, 15) is 10.1 Å². The van der Waals surface area contributed by atoms with E-state index in [0.717, 1.165) is 16.5 Å². The maximum atomic E-state index is 12.7. The second-order valence-corrected chi connectivity index (χ2v) is 7.61. The summed E-state index contributed by atoms with van der Waals surface area (Å²) >= 11 is 1.28. The number of rotatable bonds is 6. The van der Waals surface area contributed by atoms with Gasteiger partial charge in [-0.15, -0.1) is 11.3 Å². The third-order valence-electron chi connectivity index (χ3n) is 4.68. The van der Waals surface area contributed by atoms with Crippen LogP contribution in [-0.2, 0) is 11.2 Å².